The van der Waals surface area contributed by atoms with Gasteiger partial charge in [0, 0.05) is 24.4 Å². The molecule has 27 heavy (non-hydrogen) atoms. The molecule has 2 aromatic carbocycles. The molecule has 0 atom stereocenters. The summed E-state index contributed by atoms with van der Waals surface area (Å²) in [6.07, 6.45) is 4.12. The molecule has 1 aliphatic heterocycles. The Morgan fingerprint density at radius 3 is 2.48 bits per heavy atom. The van der Waals surface area contributed by atoms with Crippen molar-refractivity contribution in [1.29, 1.82) is 0 Å². The minimum absolute atomic E-state index is 0.339. The van der Waals surface area contributed by atoms with Crippen molar-refractivity contribution in [2.75, 3.05) is 13.1 Å². The average molecular weight is 361 g/mol. The monoisotopic (exact) mass is 361 g/mol. The van der Waals surface area contributed by atoms with Crippen molar-refractivity contribution in [2.24, 2.45) is 0 Å². The van der Waals surface area contributed by atoms with Crippen LogP contribution in [0.4, 0.5) is 0 Å². The number of carbonyl (C=O) groups is 1. The van der Waals surface area contributed by atoms with E-state index in [9.17, 15) is 9.90 Å². The van der Waals surface area contributed by atoms with E-state index < -0.39 is 5.97 Å². The Morgan fingerprint density at radius 1 is 1.07 bits per heavy atom. The number of benzene rings is 2. The number of rotatable bonds is 5. The molecule has 5 nitrogen and oxygen atoms in total. The van der Waals surface area contributed by atoms with Crippen LogP contribution in [0.2, 0.25) is 0 Å². The van der Waals surface area contributed by atoms with Crippen LogP contribution in [0.3, 0.4) is 0 Å². The molecular weight excluding hydrogens is 338 g/mol. The van der Waals surface area contributed by atoms with Gasteiger partial charge in [-0.05, 0) is 54.8 Å². The number of hydrogen-bond acceptors (Lipinski definition) is 3. The van der Waals surface area contributed by atoms with E-state index in [4.69, 9.17) is 0 Å². The van der Waals surface area contributed by atoms with E-state index in [0.717, 1.165) is 43.6 Å². The third-order valence-electron chi connectivity index (χ3n) is 5.38. The zero-order chi connectivity index (χ0) is 18.6. The molecule has 3 aromatic rings. The first-order chi connectivity index (χ1) is 13.2. The maximum absolute atomic E-state index is 11.4. The Balaban J connectivity index is 1.40. The summed E-state index contributed by atoms with van der Waals surface area (Å²) in [4.78, 5) is 13.9. The molecule has 4 rings (SSSR count). The van der Waals surface area contributed by atoms with Gasteiger partial charge in [-0.15, -0.1) is 0 Å². The van der Waals surface area contributed by atoms with E-state index in [1.54, 1.807) is 12.1 Å². The van der Waals surface area contributed by atoms with Gasteiger partial charge in [-0.3, -0.25) is 10.00 Å². The largest absolute Gasteiger partial charge is 0.478 e. The van der Waals surface area contributed by atoms with Crippen molar-refractivity contribution in [3.05, 3.63) is 77.6 Å². The predicted molar refractivity (Wildman–Crippen MR) is 105 cm³/mol. The summed E-state index contributed by atoms with van der Waals surface area (Å²) in [5, 5.41) is 16.5. The number of aromatic carboxylic acids is 1. The lowest BCUT2D eigenvalue weighted by Gasteiger charge is -2.31. The van der Waals surface area contributed by atoms with Crippen LogP contribution in [0.1, 0.15) is 40.4 Å². The highest BCUT2D eigenvalue weighted by Gasteiger charge is 2.21. The molecule has 0 radical (unpaired) electrons. The summed E-state index contributed by atoms with van der Waals surface area (Å²) in [5.74, 6) is -0.312. The fourth-order valence-electron chi connectivity index (χ4n) is 3.87. The second kappa shape index (κ2) is 7.76. The number of nitrogens with zero attached hydrogens (tertiary/aromatic N) is 2. The van der Waals surface area contributed by atoms with Crippen LogP contribution in [0.25, 0.3) is 11.1 Å². The number of nitrogens with one attached hydrogen (secondary N) is 1. The first kappa shape index (κ1) is 17.5. The van der Waals surface area contributed by atoms with Crippen molar-refractivity contribution in [3.8, 4) is 11.1 Å². The second-order valence-electron chi connectivity index (χ2n) is 7.11. The van der Waals surface area contributed by atoms with Crippen LogP contribution in [0.15, 0.2) is 60.8 Å². The van der Waals surface area contributed by atoms with E-state index in [-0.39, 0.29) is 0 Å². The third kappa shape index (κ3) is 3.93. The summed E-state index contributed by atoms with van der Waals surface area (Å²) >= 11 is 0. The summed E-state index contributed by atoms with van der Waals surface area (Å²) in [6, 6.07) is 17.5. The molecule has 0 bridgehead atoms. The van der Waals surface area contributed by atoms with Gasteiger partial charge in [0.1, 0.15) is 0 Å². The Labute approximate surface area is 158 Å². The Hall–Kier alpha value is -2.92. The number of carboxylic acid groups (broad SMARTS) is 1. The maximum atomic E-state index is 11.4. The van der Waals surface area contributed by atoms with Gasteiger partial charge in [-0.25, -0.2) is 4.79 Å². The summed E-state index contributed by atoms with van der Waals surface area (Å²) in [6.45, 7) is 3.08. The lowest BCUT2D eigenvalue weighted by atomic mass is 9.93. The van der Waals surface area contributed by atoms with Gasteiger partial charge < -0.3 is 5.11 Å². The molecule has 0 aliphatic carbocycles. The SMILES string of the molecule is O=C(O)c1ccccc1-c1ccc(CN2CCC(c3ccn[nH]3)CC2)cc1. The van der Waals surface area contributed by atoms with E-state index in [1.807, 2.05) is 30.5 Å². The number of aromatic amines is 1. The quantitative estimate of drug-likeness (QED) is 0.716. The molecule has 1 aromatic heterocycles. The first-order valence-corrected chi connectivity index (χ1v) is 9.34. The molecule has 1 saturated heterocycles. The number of aromatic nitrogens is 2. The van der Waals surface area contributed by atoms with Crippen LogP contribution < -0.4 is 0 Å². The van der Waals surface area contributed by atoms with Crippen molar-refractivity contribution < 1.29 is 9.90 Å². The summed E-state index contributed by atoms with van der Waals surface area (Å²) in [5.41, 5.74) is 4.54. The fraction of sp³-hybridized carbons (Fsp3) is 0.273. The van der Waals surface area contributed by atoms with Crippen molar-refractivity contribution in [1.82, 2.24) is 15.1 Å². The number of carboxylic acids is 1. The Kier molecular flexibility index (Phi) is 5.03. The molecule has 0 unspecified atom stereocenters. The van der Waals surface area contributed by atoms with Crippen molar-refractivity contribution in [2.45, 2.75) is 25.3 Å². The van der Waals surface area contributed by atoms with Gasteiger partial charge in [0.15, 0.2) is 0 Å². The van der Waals surface area contributed by atoms with Crippen LogP contribution in [-0.2, 0) is 6.54 Å². The van der Waals surface area contributed by atoms with Gasteiger partial charge in [-0.2, -0.15) is 5.10 Å². The molecule has 1 aliphatic rings. The minimum Gasteiger partial charge on any atom is -0.478 e. The first-order valence-electron chi connectivity index (χ1n) is 9.34. The third-order valence-corrected chi connectivity index (χ3v) is 5.38. The number of hydrogen-bond donors (Lipinski definition) is 2. The standard InChI is InChI=1S/C22H23N3O2/c26-22(27)20-4-2-1-3-19(20)17-7-5-16(6-8-17)15-25-13-10-18(11-14-25)21-9-12-23-24-21/h1-9,12,18H,10-11,13-15H2,(H,23,24)(H,26,27). The van der Waals surface area contributed by atoms with Gasteiger partial charge >= 0.3 is 5.97 Å². The van der Waals surface area contributed by atoms with E-state index >= 15 is 0 Å². The van der Waals surface area contributed by atoms with Crippen LogP contribution >= 0.6 is 0 Å². The van der Waals surface area contributed by atoms with Gasteiger partial charge in [0.05, 0.1) is 5.56 Å². The molecule has 0 amide bonds. The zero-order valence-electron chi connectivity index (χ0n) is 15.1. The summed E-state index contributed by atoms with van der Waals surface area (Å²) in [7, 11) is 0. The molecule has 5 heteroatoms. The molecule has 2 heterocycles. The Bertz CT molecular complexity index is 896. The van der Waals surface area contributed by atoms with Crippen molar-refractivity contribution >= 4 is 5.97 Å². The maximum Gasteiger partial charge on any atom is 0.336 e. The van der Waals surface area contributed by atoms with E-state index in [0.29, 0.717) is 11.5 Å². The topological polar surface area (TPSA) is 69.2 Å². The summed E-state index contributed by atoms with van der Waals surface area (Å²) < 4.78 is 0. The van der Waals surface area contributed by atoms with E-state index in [1.165, 1.54) is 11.3 Å². The highest BCUT2D eigenvalue weighted by Crippen LogP contribution is 2.28. The zero-order valence-corrected chi connectivity index (χ0v) is 15.1. The smallest absolute Gasteiger partial charge is 0.336 e. The number of piperidine rings is 1. The highest BCUT2D eigenvalue weighted by molar-refractivity contribution is 5.95. The van der Waals surface area contributed by atoms with Crippen LogP contribution in [0, 0.1) is 0 Å². The predicted octanol–water partition coefficient (Wildman–Crippen LogP) is 4.15. The van der Waals surface area contributed by atoms with E-state index in [2.05, 4.69) is 33.3 Å². The van der Waals surface area contributed by atoms with Crippen molar-refractivity contribution in [3.63, 3.8) is 0 Å². The average Bonchev–Trinajstić information content (AvgIpc) is 3.24. The van der Waals surface area contributed by atoms with Crippen LogP contribution in [-0.4, -0.2) is 39.3 Å². The Morgan fingerprint density at radius 2 is 1.81 bits per heavy atom. The number of H-pyrrole nitrogens is 1. The van der Waals surface area contributed by atoms with Crippen LogP contribution in [0.5, 0.6) is 0 Å². The fourth-order valence-corrected chi connectivity index (χ4v) is 3.87. The molecule has 2 N–H and O–H groups in total. The highest BCUT2D eigenvalue weighted by atomic mass is 16.4. The number of likely N-dealkylation sites (tertiary alicyclic amines) is 1. The lowest BCUT2D eigenvalue weighted by Crippen LogP contribution is -2.32. The van der Waals surface area contributed by atoms with Gasteiger partial charge in [-0.1, -0.05) is 42.5 Å². The normalized spacial score (nSPS) is 15.7. The molecule has 1 fully saturated rings. The molecule has 0 spiro atoms. The van der Waals surface area contributed by atoms with Gasteiger partial charge in [0.25, 0.3) is 0 Å². The minimum atomic E-state index is -0.894. The van der Waals surface area contributed by atoms with Gasteiger partial charge in [0.2, 0.25) is 0 Å². The molecular formula is C22H23N3O2. The molecule has 0 saturated carbocycles. The molecule has 138 valence electrons. The lowest BCUT2D eigenvalue weighted by molar-refractivity contribution is 0.0697. The second-order valence-corrected chi connectivity index (χ2v) is 7.11.